The lowest BCUT2D eigenvalue weighted by Gasteiger charge is -2.40. The topological polar surface area (TPSA) is 65.5 Å². The Bertz CT molecular complexity index is 749. The molecule has 0 unspecified atom stereocenters. The second-order valence-corrected chi connectivity index (χ2v) is 7.91. The van der Waals surface area contributed by atoms with Crippen LogP contribution in [0.1, 0.15) is 20.3 Å². The maximum atomic E-state index is 12.3. The van der Waals surface area contributed by atoms with E-state index >= 15 is 0 Å². The van der Waals surface area contributed by atoms with Gasteiger partial charge in [0.05, 0.1) is 30.1 Å². The predicted molar refractivity (Wildman–Crippen MR) is 88.6 cm³/mol. The molecule has 0 N–H and O–H groups in total. The molecule has 0 saturated heterocycles. The highest BCUT2D eigenvalue weighted by Gasteiger charge is 2.38. The molecule has 3 aliphatic heterocycles. The lowest BCUT2D eigenvalue weighted by molar-refractivity contribution is -0.0971. The Morgan fingerprint density at radius 3 is 2.74 bits per heavy atom. The first kappa shape index (κ1) is 16.1. The average Bonchev–Trinajstić information content (AvgIpc) is 2.88. The molecule has 0 fully saturated rings. The molecular weight excluding hydrogens is 316 g/mol. The summed E-state index contributed by atoms with van der Waals surface area (Å²) in [7, 11) is -1.73. The zero-order valence-electron chi connectivity index (χ0n) is 13.9. The molecule has 3 aliphatic rings. The van der Waals surface area contributed by atoms with Crippen LogP contribution in [0.15, 0.2) is 38.9 Å². The van der Waals surface area contributed by atoms with Crippen LogP contribution in [0.25, 0.3) is 0 Å². The quantitative estimate of drug-likeness (QED) is 0.769. The van der Waals surface area contributed by atoms with E-state index in [2.05, 4.69) is 21.7 Å². The van der Waals surface area contributed by atoms with Gasteiger partial charge in [-0.1, -0.05) is 6.92 Å². The summed E-state index contributed by atoms with van der Waals surface area (Å²) in [5.41, 5.74) is 2.28. The molecular formula is C15H22N4O3S. The number of aliphatic imine (C=N–C) groups is 1. The molecule has 8 heteroatoms. The summed E-state index contributed by atoms with van der Waals surface area (Å²) >= 11 is 0. The fourth-order valence-electron chi connectivity index (χ4n) is 3.26. The molecule has 0 amide bonds. The monoisotopic (exact) mass is 338 g/mol. The van der Waals surface area contributed by atoms with E-state index in [1.54, 1.807) is 18.4 Å². The van der Waals surface area contributed by atoms with Crippen LogP contribution in [0, 0.1) is 0 Å². The second-order valence-electron chi connectivity index (χ2n) is 5.96. The van der Waals surface area contributed by atoms with Gasteiger partial charge >= 0.3 is 0 Å². The zero-order chi connectivity index (χ0) is 16.8. The van der Waals surface area contributed by atoms with Gasteiger partial charge in [-0.3, -0.25) is 4.84 Å². The summed E-state index contributed by atoms with van der Waals surface area (Å²) in [6.07, 6.45) is 5.79. The maximum absolute atomic E-state index is 12.3. The molecule has 0 aromatic carbocycles. The van der Waals surface area contributed by atoms with E-state index < -0.39 is 9.84 Å². The molecule has 0 spiro atoms. The number of hydrogen-bond acceptors (Lipinski definition) is 7. The van der Waals surface area contributed by atoms with Crippen LogP contribution < -0.4 is 0 Å². The van der Waals surface area contributed by atoms with Gasteiger partial charge in [-0.2, -0.15) is 0 Å². The summed E-state index contributed by atoms with van der Waals surface area (Å²) in [4.78, 5) is 14.4. The fourth-order valence-corrected chi connectivity index (χ4v) is 4.45. The lowest BCUT2D eigenvalue weighted by atomic mass is 10.1. The zero-order valence-corrected chi connectivity index (χ0v) is 14.7. The van der Waals surface area contributed by atoms with Crippen LogP contribution >= 0.6 is 0 Å². The Morgan fingerprint density at radius 2 is 2.13 bits per heavy atom. The number of fused-ring (bicyclic) bond motifs is 2. The van der Waals surface area contributed by atoms with E-state index in [0.717, 1.165) is 30.1 Å². The highest BCUT2D eigenvalue weighted by molar-refractivity contribution is 7.94. The third-order valence-corrected chi connectivity index (χ3v) is 5.37. The minimum Gasteiger partial charge on any atom is -0.352 e. The van der Waals surface area contributed by atoms with Crippen molar-refractivity contribution in [2.24, 2.45) is 4.99 Å². The Labute approximate surface area is 137 Å². The van der Waals surface area contributed by atoms with E-state index in [0.29, 0.717) is 23.8 Å². The van der Waals surface area contributed by atoms with Gasteiger partial charge in [0, 0.05) is 19.3 Å². The van der Waals surface area contributed by atoms with Crippen LogP contribution in [0.3, 0.4) is 0 Å². The third-order valence-electron chi connectivity index (χ3n) is 4.09. The van der Waals surface area contributed by atoms with Gasteiger partial charge in [-0.25, -0.2) is 18.5 Å². The van der Waals surface area contributed by atoms with Gasteiger partial charge in [0.2, 0.25) is 0 Å². The third kappa shape index (κ3) is 2.66. The molecule has 3 rings (SSSR count). The largest absolute Gasteiger partial charge is 0.352 e. The van der Waals surface area contributed by atoms with Crippen molar-refractivity contribution in [3.8, 4) is 0 Å². The van der Waals surface area contributed by atoms with Crippen molar-refractivity contribution >= 4 is 16.1 Å². The smallest absolute Gasteiger partial charge is 0.177 e. The number of hydrogen-bond donors (Lipinski definition) is 0. The second kappa shape index (κ2) is 5.68. The molecule has 126 valence electrons. The van der Waals surface area contributed by atoms with Crippen molar-refractivity contribution in [1.82, 2.24) is 14.9 Å². The molecule has 3 heterocycles. The van der Waals surface area contributed by atoms with E-state index in [1.165, 1.54) is 6.26 Å². The Balaban J connectivity index is 2.14. The van der Waals surface area contributed by atoms with Crippen molar-refractivity contribution in [1.29, 1.82) is 0 Å². The highest BCUT2D eigenvalue weighted by Crippen LogP contribution is 2.38. The Hall–Kier alpha value is -1.80. The number of allylic oxidation sites excluding steroid dienone is 1. The van der Waals surface area contributed by atoms with E-state index in [1.807, 2.05) is 13.1 Å². The first-order valence-corrected chi connectivity index (χ1v) is 9.49. The minimum absolute atomic E-state index is 0.353. The van der Waals surface area contributed by atoms with Crippen LogP contribution in [0.2, 0.25) is 0 Å². The van der Waals surface area contributed by atoms with Crippen molar-refractivity contribution in [3.05, 3.63) is 33.9 Å². The number of nitrogens with zero attached hydrogens (tertiary/aromatic N) is 4. The van der Waals surface area contributed by atoms with Gasteiger partial charge < -0.3 is 9.80 Å². The fraction of sp³-hybridized carbons (Fsp3) is 0.533. The first-order chi connectivity index (χ1) is 10.9. The Kier molecular flexibility index (Phi) is 3.97. The van der Waals surface area contributed by atoms with Crippen molar-refractivity contribution in [3.63, 3.8) is 0 Å². The normalized spacial score (nSPS) is 21.0. The lowest BCUT2D eigenvalue weighted by Crippen LogP contribution is -2.42. The average molecular weight is 338 g/mol. The minimum atomic E-state index is -3.34. The van der Waals surface area contributed by atoms with Gasteiger partial charge in [0.15, 0.2) is 9.84 Å². The summed E-state index contributed by atoms with van der Waals surface area (Å²) in [5.74, 6) is 0.853. The summed E-state index contributed by atoms with van der Waals surface area (Å²) in [6.45, 7) is 5.95. The molecule has 7 nitrogen and oxygen atoms in total. The molecule has 0 aliphatic carbocycles. The summed E-state index contributed by atoms with van der Waals surface area (Å²) < 4.78 is 24.6. The van der Waals surface area contributed by atoms with Crippen LogP contribution in [-0.4, -0.2) is 62.6 Å². The van der Waals surface area contributed by atoms with Gasteiger partial charge in [0.25, 0.3) is 0 Å². The molecule has 0 saturated carbocycles. The van der Waals surface area contributed by atoms with Gasteiger partial charge in [-0.05, 0) is 18.9 Å². The summed E-state index contributed by atoms with van der Waals surface area (Å²) in [6, 6.07) is 0. The molecule has 23 heavy (non-hydrogen) atoms. The number of rotatable bonds is 4. The van der Waals surface area contributed by atoms with E-state index in [9.17, 15) is 8.42 Å². The molecule has 0 aromatic rings. The van der Waals surface area contributed by atoms with Crippen LogP contribution in [0.4, 0.5) is 0 Å². The number of hydroxylamine groups is 2. The van der Waals surface area contributed by atoms with E-state index in [4.69, 9.17) is 4.84 Å². The van der Waals surface area contributed by atoms with E-state index in [-0.39, 0.29) is 0 Å². The van der Waals surface area contributed by atoms with Crippen molar-refractivity contribution in [2.75, 3.05) is 33.1 Å². The molecule has 0 bridgehead atoms. The molecule has 0 atom stereocenters. The van der Waals surface area contributed by atoms with Crippen LogP contribution in [0.5, 0.6) is 0 Å². The van der Waals surface area contributed by atoms with Gasteiger partial charge in [0.1, 0.15) is 18.2 Å². The predicted octanol–water partition coefficient (Wildman–Crippen LogP) is 1.26. The van der Waals surface area contributed by atoms with Crippen LogP contribution in [-0.2, 0) is 14.7 Å². The molecule has 0 aromatic heterocycles. The number of sulfone groups is 1. The maximum Gasteiger partial charge on any atom is 0.177 e. The summed E-state index contributed by atoms with van der Waals surface area (Å²) in [5, 5.41) is 1.70. The standard InChI is InChI=1S/C15H22N4O3S/c1-5-6-17-8-11(2)14(23(4,20)21)13-15(17)19-10-18(22-3)9-12(19)7-16-13/h7,9H,5-6,8,10H2,1-4H3. The SMILES string of the molecule is CCCN1CC(C)=C(S(C)(=O)=O)C2=C1N1CN(OC)C=C1C=N2. The highest BCUT2D eigenvalue weighted by atomic mass is 32.2. The molecule has 0 radical (unpaired) electrons. The van der Waals surface area contributed by atoms with Gasteiger partial charge in [-0.15, -0.1) is 0 Å². The van der Waals surface area contributed by atoms with Crippen molar-refractivity contribution in [2.45, 2.75) is 20.3 Å². The van der Waals surface area contributed by atoms with Crippen molar-refractivity contribution < 1.29 is 13.3 Å². The Morgan fingerprint density at radius 1 is 1.39 bits per heavy atom. The first-order valence-electron chi connectivity index (χ1n) is 7.60.